The lowest BCUT2D eigenvalue weighted by molar-refractivity contribution is -0.120. The molecule has 1 N–H and O–H groups in total. The van der Waals surface area contributed by atoms with Crippen LogP contribution in [0.1, 0.15) is 24.1 Å². The van der Waals surface area contributed by atoms with Gasteiger partial charge >= 0.3 is 0 Å². The van der Waals surface area contributed by atoms with Crippen molar-refractivity contribution in [3.05, 3.63) is 35.7 Å². The molecule has 7 nitrogen and oxygen atoms in total. The number of aryl methyl sites for hydroxylation is 2. The number of rotatable bonds is 3. The van der Waals surface area contributed by atoms with E-state index in [1.54, 1.807) is 16.9 Å². The third kappa shape index (κ3) is 3.38. The number of carbonyl (C=O) groups excluding carboxylic acids is 1. The first-order valence-electron chi connectivity index (χ1n) is 7.99. The summed E-state index contributed by atoms with van der Waals surface area (Å²) in [7, 11) is 1.82. The van der Waals surface area contributed by atoms with Crippen LogP contribution in [0.5, 0.6) is 0 Å². The first-order valence-corrected chi connectivity index (χ1v) is 7.99. The van der Waals surface area contributed by atoms with Gasteiger partial charge in [0, 0.05) is 38.3 Å². The van der Waals surface area contributed by atoms with Crippen LogP contribution < -0.4 is 10.2 Å². The van der Waals surface area contributed by atoms with Crippen molar-refractivity contribution in [1.29, 1.82) is 5.26 Å². The van der Waals surface area contributed by atoms with E-state index in [4.69, 9.17) is 5.26 Å². The van der Waals surface area contributed by atoms with E-state index in [0.717, 1.165) is 43.3 Å². The number of nitriles is 1. The zero-order valence-corrected chi connectivity index (χ0v) is 13.9. The molecule has 1 aliphatic heterocycles. The molecule has 0 unspecified atom stereocenters. The lowest BCUT2D eigenvalue weighted by atomic mass is 9.96. The third-order valence-corrected chi connectivity index (χ3v) is 4.32. The monoisotopic (exact) mass is 324 g/mol. The SMILES string of the molecule is Cc1cc(NC(=O)C2CCN(c3ccc(C#N)cn3)CC2)n(C)n1. The van der Waals surface area contributed by atoms with Gasteiger partial charge in [0.1, 0.15) is 17.7 Å². The Morgan fingerprint density at radius 1 is 1.38 bits per heavy atom. The molecule has 3 rings (SSSR count). The third-order valence-electron chi connectivity index (χ3n) is 4.32. The van der Waals surface area contributed by atoms with Crippen LogP contribution in [0.15, 0.2) is 24.4 Å². The highest BCUT2D eigenvalue weighted by atomic mass is 16.2. The number of amides is 1. The molecular formula is C17H20N6O. The zero-order valence-electron chi connectivity index (χ0n) is 13.9. The summed E-state index contributed by atoms with van der Waals surface area (Å²) in [5.41, 5.74) is 1.44. The second-order valence-corrected chi connectivity index (χ2v) is 6.06. The molecule has 0 saturated carbocycles. The molecule has 24 heavy (non-hydrogen) atoms. The van der Waals surface area contributed by atoms with Crippen LogP contribution in [0.2, 0.25) is 0 Å². The fourth-order valence-corrected chi connectivity index (χ4v) is 2.97. The van der Waals surface area contributed by atoms with Crippen molar-refractivity contribution in [1.82, 2.24) is 14.8 Å². The Kier molecular flexibility index (Phi) is 4.47. The average molecular weight is 324 g/mol. The molecule has 0 atom stereocenters. The highest BCUT2D eigenvalue weighted by Crippen LogP contribution is 2.23. The summed E-state index contributed by atoms with van der Waals surface area (Å²) >= 11 is 0. The van der Waals surface area contributed by atoms with Crippen molar-refractivity contribution in [3.63, 3.8) is 0 Å². The summed E-state index contributed by atoms with van der Waals surface area (Å²) in [6.45, 7) is 3.46. The largest absolute Gasteiger partial charge is 0.357 e. The summed E-state index contributed by atoms with van der Waals surface area (Å²) in [6.07, 6.45) is 3.15. The number of carbonyl (C=O) groups is 1. The number of nitrogens with zero attached hydrogens (tertiary/aromatic N) is 5. The smallest absolute Gasteiger partial charge is 0.228 e. The van der Waals surface area contributed by atoms with E-state index in [0.29, 0.717) is 5.56 Å². The van der Waals surface area contributed by atoms with Gasteiger partial charge in [-0.2, -0.15) is 10.4 Å². The topological polar surface area (TPSA) is 86.8 Å². The Balaban J connectivity index is 1.57. The fraction of sp³-hybridized carbons (Fsp3) is 0.412. The van der Waals surface area contributed by atoms with Crippen molar-refractivity contribution in [2.75, 3.05) is 23.3 Å². The molecule has 2 aromatic heterocycles. The number of piperidine rings is 1. The van der Waals surface area contributed by atoms with Gasteiger partial charge in [-0.25, -0.2) is 4.98 Å². The fourth-order valence-electron chi connectivity index (χ4n) is 2.97. The average Bonchev–Trinajstić information content (AvgIpc) is 2.92. The predicted octanol–water partition coefficient (Wildman–Crippen LogP) is 1.85. The molecule has 7 heteroatoms. The van der Waals surface area contributed by atoms with E-state index >= 15 is 0 Å². The maximum atomic E-state index is 12.4. The van der Waals surface area contributed by atoms with Gasteiger partial charge < -0.3 is 10.2 Å². The number of hydrogen-bond donors (Lipinski definition) is 1. The lowest BCUT2D eigenvalue weighted by Crippen LogP contribution is -2.38. The lowest BCUT2D eigenvalue weighted by Gasteiger charge is -2.32. The molecule has 0 radical (unpaired) electrons. The van der Waals surface area contributed by atoms with Gasteiger partial charge in [-0.15, -0.1) is 0 Å². The number of anilines is 2. The molecule has 124 valence electrons. The minimum Gasteiger partial charge on any atom is -0.357 e. The number of hydrogen-bond acceptors (Lipinski definition) is 5. The van der Waals surface area contributed by atoms with Gasteiger partial charge in [0.05, 0.1) is 11.3 Å². The summed E-state index contributed by atoms with van der Waals surface area (Å²) in [6, 6.07) is 7.56. The van der Waals surface area contributed by atoms with Gasteiger partial charge in [-0.1, -0.05) is 0 Å². The van der Waals surface area contributed by atoms with E-state index in [1.807, 2.05) is 26.1 Å². The highest BCUT2D eigenvalue weighted by Gasteiger charge is 2.26. The standard InChI is InChI=1S/C17H20N6O/c1-12-9-16(22(2)21-12)20-17(24)14-5-7-23(8-6-14)15-4-3-13(10-18)11-19-15/h3-4,9,11,14H,5-8H2,1-2H3,(H,20,24). The molecule has 1 fully saturated rings. The van der Waals surface area contributed by atoms with E-state index in [-0.39, 0.29) is 11.8 Å². The molecule has 0 aliphatic carbocycles. The Morgan fingerprint density at radius 3 is 2.67 bits per heavy atom. The second-order valence-electron chi connectivity index (χ2n) is 6.06. The van der Waals surface area contributed by atoms with Gasteiger partial charge in [-0.05, 0) is 31.9 Å². The first-order chi connectivity index (χ1) is 11.6. The Hall–Kier alpha value is -2.88. The minimum atomic E-state index is -0.00478. The molecule has 0 bridgehead atoms. The van der Waals surface area contributed by atoms with Gasteiger partial charge in [0.2, 0.25) is 5.91 Å². The van der Waals surface area contributed by atoms with Crippen molar-refractivity contribution in [3.8, 4) is 6.07 Å². The van der Waals surface area contributed by atoms with E-state index in [9.17, 15) is 4.79 Å². The Labute approximate surface area is 140 Å². The molecule has 2 aromatic rings. The molecule has 0 spiro atoms. The molecule has 1 amide bonds. The number of aromatic nitrogens is 3. The van der Waals surface area contributed by atoms with Crippen LogP contribution in [-0.2, 0) is 11.8 Å². The summed E-state index contributed by atoms with van der Waals surface area (Å²) in [4.78, 5) is 18.9. The van der Waals surface area contributed by atoms with E-state index in [2.05, 4.69) is 26.4 Å². The summed E-state index contributed by atoms with van der Waals surface area (Å²) < 4.78 is 1.68. The molecule has 3 heterocycles. The number of nitrogens with one attached hydrogen (secondary N) is 1. The Morgan fingerprint density at radius 2 is 2.12 bits per heavy atom. The van der Waals surface area contributed by atoms with Crippen LogP contribution in [0.3, 0.4) is 0 Å². The van der Waals surface area contributed by atoms with Crippen LogP contribution in [0.25, 0.3) is 0 Å². The van der Waals surface area contributed by atoms with Gasteiger partial charge in [0.25, 0.3) is 0 Å². The quantitative estimate of drug-likeness (QED) is 0.931. The molecule has 1 aliphatic rings. The van der Waals surface area contributed by atoms with Gasteiger partial charge in [-0.3, -0.25) is 9.48 Å². The normalized spacial score (nSPS) is 15.1. The van der Waals surface area contributed by atoms with Gasteiger partial charge in [0.15, 0.2) is 0 Å². The van der Waals surface area contributed by atoms with Crippen LogP contribution in [-0.4, -0.2) is 33.8 Å². The van der Waals surface area contributed by atoms with E-state index < -0.39 is 0 Å². The summed E-state index contributed by atoms with van der Waals surface area (Å²) in [5, 5.41) is 16.0. The van der Waals surface area contributed by atoms with Crippen LogP contribution >= 0.6 is 0 Å². The van der Waals surface area contributed by atoms with Crippen LogP contribution in [0, 0.1) is 24.2 Å². The second kappa shape index (κ2) is 6.71. The zero-order chi connectivity index (χ0) is 17.1. The predicted molar refractivity (Wildman–Crippen MR) is 90.5 cm³/mol. The number of pyridine rings is 1. The maximum Gasteiger partial charge on any atom is 0.228 e. The van der Waals surface area contributed by atoms with Crippen LogP contribution in [0.4, 0.5) is 11.6 Å². The highest BCUT2D eigenvalue weighted by molar-refractivity contribution is 5.92. The van der Waals surface area contributed by atoms with Crippen molar-refractivity contribution in [2.24, 2.45) is 13.0 Å². The first kappa shape index (κ1) is 16.0. The van der Waals surface area contributed by atoms with Crippen molar-refractivity contribution in [2.45, 2.75) is 19.8 Å². The maximum absolute atomic E-state index is 12.4. The summed E-state index contributed by atoms with van der Waals surface area (Å²) in [5.74, 6) is 1.63. The minimum absolute atomic E-state index is 0.00478. The Bertz CT molecular complexity index is 765. The molecule has 1 saturated heterocycles. The molecule has 0 aromatic carbocycles. The van der Waals surface area contributed by atoms with Crippen molar-refractivity contribution < 1.29 is 4.79 Å². The molecular weight excluding hydrogens is 304 g/mol. The van der Waals surface area contributed by atoms with Crippen molar-refractivity contribution >= 4 is 17.5 Å². The van der Waals surface area contributed by atoms with E-state index in [1.165, 1.54) is 0 Å².